The summed E-state index contributed by atoms with van der Waals surface area (Å²) in [5, 5.41) is 0. The maximum atomic E-state index is 12.9. The minimum atomic E-state index is -4.66. The van der Waals surface area contributed by atoms with Gasteiger partial charge in [0.15, 0.2) is 6.10 Å². The number of nitrogens with zero attached hydrogens (tertiary/aromatic N) is 1. The predicted octanol–water partition coefficient (Wildman–Crippen LogP) is 26.5. The number of allylic oxidation sites excluding steroid dienone is 22. The minimum absolute atomic E-state index is 0.0398. The Labute approximate surface area is 600 Å². The van der Waals surface area contributed by atoms with Crippen LogP contribution in [0.4, 0.5) is 0 Å². The molecule has 0 aliphatic heterocycles. The van der Waals surface area contributed by atoms with Crippen LogP contribution in [-0.4, -0.2) is 70.0 Å². The second-order valence-electron chi connectivity index (χ2n) is 28.1. The number of rotatable bonds is 74. The van der Waals surface area contributed by atoms with Gasteiger partial charge in [-0.2, -0.15) is 0 Å². The van der Waals surface area contributed by atoms with Gasteiger partial charge in [-0.25, -0.2) is 0 Å². The van der Waals surface area contributed by atoms with Crippen molar-refractivity contribution in [2.75, 3.05) is 47.5 Å². The second kappa shape index (κ2) is 76.3. The summed E-state index contributed by atoms with van der Waals surface area (Å²) in [7, 11) is 1.15. The zero-order valence-corrected chi connectivity index (χ0v) is 64.6. The number of phosphoric acid groups is 1. The van der Waals surface area contributed by atoms with Gasteiger partial charge in [-0.1, -0.05) is 379 Å². The molecule has 0 bridgehead atoms. The predicted molar refractivity (Wildman–Crippen MR) is 420 cm³/mol. The number of carbonyl (C=O) groups is 2. The number of likely N-dealkylation sites (N-methyl/N-ethyl adjacent to an activating group) is 1. The number of quaternary nitrogens is 1. The van der Waals surface area contributed by atoms with E-state index in [0.29, 0.717) is 17.4 Å². The molecule has 0 aromatic carbocycles. The van der Waals surface area contributed by atoms with Gasteiger partial charge in [-0.3, -0.25) is 14.2 Å². The van der Waals surface area contributed by atoms with E-state index >= 15 is 0 Å². The van der Waals surface area contributed by atoms with Crippen LogP contribution in [0.5, 0.6) is 0 Å². The van der Waals surface area contributed by atoms with Crippen LogP contribution in [0.3, 0.4) is 0 Å². The van der Waals surface area contributed by atoms with E-state index in [2.05, 4.69) is 148 Å². The first-order chi connectivity index (χ1) is 47.5. The maximum Gasteiger partial charge on any atom is 0.306 e. The molecule has 2 unspecified atom stereocenters. The fourth-order valence-electron chi connectivity index (χ4n) is 11.3. The van der Waals surface area contributed by atoms with E-state index in [1.807, 2.05) is 21.1 Å². The van der Waals surface area contributed by atoms with Crippen LogP contribution in [0.1, 0.15) is 354 Å². The van der Waals surface area contributed by atoms with E-state index in [1.54, 1.807) is 0 Å². The van der Waals surface area contributed by atoms with Crippen LogP contribution in [0, 0.1) is 0 Å². The molecule has 0 rings (SSSR count). The standard InChI is InChI=1S/C87H152NO8P/c1-6-8-10-12-14-16-18-20-22-24-26-28-30-32-34-36-38-40-42-43-44-45-46-48-50-52-54-56-58-60-62-64-66-68-70-72-74-76-78-80-87(90)96-85(84-95-97(91,92)94-82-81-88(3,4)5)83-93-86(89)79-77-75-73-71-69-67-65-63-61-59-57-55-53-51-49-47-41-39-37-35-33-31-29-27-25-23-21-19-17-15-13-11-9-7-2/h8,10,14,16,20,22,26,28,32,34,38,40,43-44,46,48,52,54,58,60,64,66,85H,6-7,9,11-13,15,17-19,21,23-25,27,29-31,33,35-37,39,41-42,45,47,49-51,53,55-57,59,61-63,65,67-84H2,1-5H3/b10-8-,16-14-,22-20-,28-26-,34-32-,40-38-,44-43-,48-46-,54-52-,60-58-,66-64-. The molecule has 10 heteroatoms. The van der Waals surface area contributed by atoms with Crippen molar-refractivity contribution in [3.8, 4) is 0 Å². The van der Waals surface area contributed by atoms with Gasteiger partial charge in [0, 0.05) is 12.8 Å². The zero-order valence-electron chi connectivity index (χ0n) is 63.7. The van der Waals surface area contributed by atoms with Crippen molar-refractivity contribution in [3.63, 3.8) is 0 Å². The Bertz CT molecular complexity index is 2100. The topological polar surface area (TPSA) is 111 Å². The van der Waals surface area contributed by atoms with Crippen LogP contribution in [0.25, 0.3) is 0 Å². The Hall–Kier alpha value is -3.85. The van der Waals surface area contributed by atoms with E-state index in [9.17, 15) is 19.0 Å². The van der Waals surface area contributed by atoms with E-state index in [0.717, 1.165) is 122 Å². The molecule has 0 aromatic rings. The summed E-state index contributed by atoms with van der Waals surface area (Å²) in [6, 6.07) is 0. The van der Waals surface area contributed by atoms with E-state index in [-0.39, 0.29) is 32.0 Å². The highest BCUT2D eigenvalue weighted by Gasteiger charge is 2.22. The lowest BCUT2D eigenvalue weighted by Crippen LogP contribution is -2.37. The summed E-state index contributed by atoms with van der Waals surface area (Å²) in [6.45, 7) is 4.14. The van der Waals surface area contributed by atoms with Gasteiger partial charge in [0.1, 0.15) is 19.8 Å². The Morgan fingerprint density at radius 3 is 0.876 bits per heavy atom. The quantitative estimate of drug-likeness (QED) is 0.0195. The minimum Gasteiger partial charge on any atom is -0.756 e. The first-order valence-corrected chi connectivity index (χ1v) is 41.9. The van der Waals surface area contributed by atoms with Crippen molar-refractivity contribution in [3.05, 3.63) is 134 Å². The van der Waals surface area contributed by atoms with Crippen LogP contribution in [0.2, 0.25) is 0 Å². The first-order valence-electron chi connectivity index (χ1n) is 40.4. The van der Waals surface area contributed by atoms with Crippen molar-refractivity contribution in [1.82, 2.24) is 0 Å². The molecule has 0 fully saturated rings. The molecule has 2 atom stereocenters. The Morgan fingerprint density at radius 1 is 0.330 bits per heavy atom. The lowest BCUT2D eigenvalue weighted by atomic mass is 10.0. The largest absolute Gasteiger partial charge is 0.756 e. The molecular formula is C87H152NO8P. The Balaban J connectivity index is 4.05. The van der Waals surface area contributed by atoms with E-state index in [1.165, 1.54) is 199 Å². The van der Waals surface area contributed by atoms with Gasteiger partial charge in [-0.15, -0.1) is 0 Å². The highest BCUT2D eigenvalue weighted by atomic mass is 31.2. The van der Waals surface area contributed by atoms with Crippen molar-refractivity contribution in [1.29, 1.82) is 0 Å². The van der Waals surface area contributed by atoms with Gasteiger partial charge >= 0.3 is 11.9 Å². The van der Waals surface area contributed by atoms with Crippen LogP contribution in [-0.2, 0) is 32.7 Å². The summed E-state index contributed by atoms with van der Waals surface area (Å²) in [4.78, 5) is 38.2. The van der Waals surface area contributed by atoms with Crippen molar-refractivity contribution in [2.45, 2.75) is 360 Å². The second-order valence-corrected chi connectivity index (χ2v) is 29.5. The highest BCUT2D eigenvalue weighted by Crippen LogP contribution is 2.38. The third-order valence-corrected chi connectivity index (χ3v) is 18.4. The molecular weight excluding hydrogens is 1220 g/mol. The van der Waals surface area contributed by atoms with Gasteiger partial charge in [0.05, 0.1) is 27.7 Å². The molecule has 9 nitrogen and oxygen atoms in total. The van der Waals surface area contributed by atoms with Crippen LogP contribution >= 0.6 is 7.82 Å². The molecule has 0 saturated heterocycles. The van der Waals surface area contributed by atoms with Crippen LogP contribution in [0.15, 0.2) is 134 Å². The SMILES string of the molecule is CC/C=C\C/C=C\C/C=C\C/C=C\C/C=C\C/C=C\C/C=C\C/C=C\C/C=C\C/C=C\C/C=C\CCCCCCCC(=O)OC(COC(=O)CCCCCCCCCCCCCCCCCCCCCCCCCCCCCCCCCCCC)COP(=O)([O-])OCC[N+](C)(C)C. The zero-order chi connectivity index (χ0) is 70.4. The summed E-state index contributed by atoms with van der Waals surface area (Å²) in [5.41, 5.74) is 0. The molecule has 0 aliphatic carbocycles. The number of esters is 2. The summed E-state index contributed by atoms with van der Waals surface area (Å²) < 4.78 is 34.4. The molecule has 0 radical (unpaired) electrons. The first kappa shape index (κ1) is 93.2. The number of hydrogen-bond acceptors (Lipinski definition) is 8. The maximum absolute atomic E-state index is 12.9. The molecule has 558 valence electrons. The van der Waals surface area contributed by atoms with Gasteiger partial charge < -0.3 is 27.9 Å². The normalized spacial score (nSPS) is 13.8. The third-order valence-electron chi connectivity index (χ3n) is 17.4. The van der Waals surface area contributed by atoms with Gasteiger partial charge in [0.25, 0.3) is 7.82 Å². The van der Waals surface area contributed by atoms with Gasteiger partial charge in [-0.05, 0) is 96.3 Å². The summed E-state index contributed by atoms with van der Waals surface area (Å²) in [5.74, 6) is -0.850. The smallest absolute Gasteiger partial charge is 0.306 e. The fourth-order valence-corrected chi connectivity index (χ4v) is 12.0. The third kappa shape index (κ3) is 81.0. The molecule has 0 heterocycles. The lowest BCUT2D eigenvalue weighted by Gasteiger charge is -2.28. The van der Waals surface area contributed by atoms with Crippen molar-refractivity contribution < 1.29 is 42.1 Å². The Morgan fingerprint density at radius 2 is 0.588 bits per heavy atom. The molecule has 97 heavy (non-hydrogen) atoms. The van der Waals surface area contributed by atoms with E-state index in [4.69, 9.17) is 18.5 Å². The number of ether oxygens (including phenoxy) is 2. The molecule has 0 amide bonds. The molecule has 0 aromatic heterocycles. The van der Waals surface area contributed by atoms with Crippen molar-refractivity contribution in [2.24, 2.45) is 0 Å². The number of unbranched alkanes of at least 4 members (excludes halogenated alkanes) is 38. The molecule has 0 aliphatic rings. The van der Waals surface area contributed by atoms with Gasteiger partial charge in [0.2, 0.25) is 0 Å². The Kier molecular flexibility index (Phi) is 73.3. The number of phosphoric ester groups is 1. The monoisotopic (exact) mass is 1370 g/mol. The molecule has 0 spiro atoms. The highest BCUT2D eigenvalue weighted by molar-refractivity contribution is 7.45. The van der Waals surface area contributed by atoms with E-state index < -0.39 is 26.5 Å². The number of carbonyl (C=O) groups excluding carboxylic acids is 2. The molecule has 0 saturated carbocycles. The summed E-state index contributed by atoms with van der Waals surface area (Å²) >= 11 is 0. The lowest BCUT2D eigenvalue weighted by molar-refractivity contribution is -0.870. The molecule has 0 N–H and O–H groups in total. The number of hydrogen-bond donors (Lipinski definition) is 0. The van der Waals surface area contributed by atoms with Crippen molar-refractivity contribution >= 4 is 19.8 Å². The van der Waals surface area contributed by atoms with Crippen LogP contribution < -0.4 is 4.89 Å². The fraction of sp³-hybridized carbons (Fsp3) is 0.724. The average Bonchev–Trinajstić information content (AvgIpc) is 1.69. The average molecular weight is 1370 g/mol. The summed E-state index contributed by atoms with van der Waals surface area (Å²) in [6.07, 6.45) is 111.